The zero-order valence-corrected chi connectivity index (χ0v) is 13.1. The summed E-state index contributed by atoms with van der Waals surface area (Å²) in [6.07, 6.45) is 2.36. The zero-order chi connectivity index (χ0) is 15.4. The lowest BCUT2D eigenvalue weighted by atomic mass is 9.78. The Balaban J connectivity index is 1.99. The molecule has 0 amide bonds. The van der Waals surface area contributed by atoms with Gasteiger partial charge in [-0.1, -0.05) is 12.1 Å². The van der Waals surface area contributed by atoms with Crippen LogP contribution in [0.3, 0.4) is 0 Å². The highest BCUT2D eigenvalue weighted by molar-refractivity contribution is 6.59. The van der Waals surface area contributed by atoms with Crippen LogP contribution in [-0.2, 0) is 6.54 Å². The van der Waals surface area contributed by atoms with Crippen LogP contribution in [0.1, 0.15) is 18.4 Å². The van der Waals surface area contributed by atoms with E-state index in [0.29, 0.717) is 17.3 Å². The second-order valence-corrected chi connectivity index (χ2v) is 5.92. The van der Waals surface area contributed by atoms with E-state index < -0.39 is 7.12 Å². The summed E-state index contributed by atoms with van der Waals surface area (Å²) in [5.41, 5.74) is 1.51. The van der Waals surface area contributed by atoms with Gasteiger partial charge in [-0.15, -0.1) is 0 Å². The Hall–Kier alpha value is -1.08. The first-order valence-corrected chi connectivity index (χ1v) is 7.43. The molecule has 0 atom stereocenters. The van der Waals surface area contributed by atoms with Crippen LogP contribution >= 0.6 is 0 Å². The Labute approximate surface area is 127 Å². The topological polar surface area (TPSA) is 56.2 Å². The Morgan fingerprint density at radius 2 is 1.95 bits per heavy atom. The molecule has 1 heterocycles. The van der Waals surface area contributed by atoms with Crippen LogP contribution < -0.4 is 10.2 Å². The van der Waals surface area contributed by atoms with Crippen LogP contribution in [0.2, 0.25) is 0 Å². The lowest BCUT2D eigenvalue weighted by molar-refractivity contribution is 0.140. The molecule has 0 radical (unpaired) electrons. The van der Waals surface area contributed by atoms with E-state index in [1.165, 1.54) is 20.0 Å². The third-order valence-corrected chi connectivity index (χ3v) is 4.27. The van der Waals surface area contributed by atoms with E-state index in [1.807, 2.05) is 12.1 Å². The average Bonchev–Trinajstić information content (AvgIpc) is 2.47. The van der Waals surface area contributed by atoms with Crippen LogP contribution in [0.4, 0.5) is 0 Å². The molecular formula is C15H25BN2O3. The minimum atomic E-state index is -1.50. The SMILES string of the molecule is COc1ccc(CN2CCC(N(C)C)CC2)cc1B(O)O. The molecule has 0 aromatic heterocycles. The number of likely N-dealkylation sites (tertiary alicyclic amines) is 1. The van der Waals surface area contributed by atoms with E-state index in [4.69, 9.17) is 4.74 Å². The van der Waals surface area contributed by atoms with Gasteiger partial charge in [-0.05, 0) is 51.7 Å². The van der Waals surface area contributed by atoms with E-state index in [0.717, 1.165) is 25.2 Å². The molecule has 1 aromatic rings. The summed E-state index contributed by atoms with van der Waals surface area (Å²) in [6.45, 7) is 2.99. The molecule has 6 heteroatoms. The molecule has 116 valence electrons. The normalized spacial score (nSPS) is 17.2. The van der Waals surface area contributed by atoms with E-state index in [-0.39, 0.29) is 0 Å². The highest BCUT2D eigenvalue weighted by Gasteiger charge is 2.22. The number of rotatable bonds is 5. The summed E-state index contributed by atoms with van der Waals surface area (Å²) < 4.78 is 5.15. The predicted octanol–water partition coefficient (Wildman–Crippen LogP) is -0.0990. The van der Waals surface area contributed by atoms with Crippen LogP contribution in [0.5, 0.6) is 5.75 Å². The molecular weight excluding hydrogens is 267 g/mol. The van der Waals surface area contributed by atoms with E-state index in [2.05, 4.69) is 23.9 Å². The molecule has 1 aromatic carbocycles. The van der Waals surface area contributed by atoms with E-state index >= 15 is 0 Å². The Kier molecular flexibility index (Phi) is 5.64. The summed E-state index contributed by atoms with van der Waals surface area (Å²) in [7, 11) is 4.31. The second kappa shape index (κ2) is 7.27. The van der Waals surface area contributed by atoms with Gasteiger partial charge in [0.25, 0.3) is 0 Å². The maximum Gasteiger partial charge on any atom is 0.492 e. The maximum absolute atomic E-state index is 9.42. The fraction of sp³-hybridized carbons (Fsp3) is 0.600. The van der Waals surface area contributed by atoms with Crippen molar-refractivity contribution in [2.24, 2.45) is 0 Å². The van der Waals surface area contributed by atoms with Crippen molar-refractivity contribution in [1.29, 1.82) is 0 Å². The van der Waals surface area contributed by atoms with Gasteiger partial charge >= 0.3 is 7.12 Å². The lowest BCUT2D eigenvalue weighted by Crippen LogP contribution is -2.41. The highest BCUT2D eigenvalue weighted by atomic mass is 16.5. The third-order valence-electron chi connectivity index (χ3n) is 4.27. The summed E-state index contributed by atoms with van der Waals surface area (Å²) in [5, 5.41) is 18.8. The van der Waals surface area contributed by atoms with Crippen molar-refractivity contribution in [2.75, 3.05) is 34.3 Å². The standard InChI is InChI=1S/C15H25BN2O3/c1-17(2)13-6-8-18(9-7-13)11-12-4-5-15(21-3)14(10-12)16(19)20/h4-5,10,13,19-20H,6-9,11H2,1-3H3. The van der Waals surface area contributed by atoms with Gasteiger partial charge in [0.05, 0.1) is 7.11 Å². The predicted molar refractivity (Wildman–Crippen MR) is 84.8 cm³/mol. The molecule has 2 N–H and O–H groups in total. The van der Waals surface area contributed by atoms with Crippen molar-refractivity contribution in [3.05, 3.63) is 23.8 Å². The monoisotopic (exact) mass is 292 g/mol. The molecule has 1 fully saturated rings. The average molecular weight is 292 g/mol. The number of benzene rings is 1. The maximum atomic E-state index is 9.42. The molecule has 0 unspecified atom stereocenters. The number of hydrogen-bond acceptors (Lipinski definition) is 5. The number of ether oxygens (including phenoxy) is 1. The fourth-order valence-electron chi connectivity index (χ4n) is 2.94. The van der Waals surface area contributed by atoms with Gasteiger partial charge in [-0.2, -0.15) is 0 Å². The molecule has 0 aliphatic carbocycles. The largest absolute Gasteiger partial charge is 0.497 e. The Morgan fingerprint density at radius 3 is 2.48 bits per heavy atom. The number of hydrogen-bond donors (Lipinski definition) is 2. The highest BCUT2D eigenvalue weighted by Crippen LogP contribution is 2.17. The Bertz CT molecular complexity index is 460. The molecule has 1 aliphatic rings. The van der Waals surface area contributed by atoms with Gasteiger partial charge in [0.15, 0.2) is 0 Å². The van der Waals surface area contributed by atoms with Gasteiger partial charge in [-0.25, -0.2) is 0 Å². The number of nitrogens with zero attached hydrogens (tertiary/aromatic N) is 2. The van der Waals surface area contributed by atoms with Crippen molar-refractivity contribution >= 4 is 12.6 Å². The first-order valence-electron chi connectivity index (χ1n) is 7.43. The molecule has 0 bridgehead atoms. The fourth-order valence-corrected chi connectivity index (χ4v) is 2.94. The van der Waals surface area contributed by atoms with Gasteiger partial charge < -0.3 is 19.7 Å². The summed E-state index contributed by atoms with van der Waals surface area (Å²) in [4.78, 5) is 4.71. The van der Waals surface area contributed by atoms with E-state index in [1.54, 1.807) is 6.07 Å². The quantitative estimate of drug-likeness (QED) is 0.742. The molecule has 1 aliphatic heterocycles. The van der Waals surface area contributed by atoms with Gasteiger partial charge in [0, 0.05) is 18.0 Å². The first-order chi connectivity index (χ1) is 10.0. The van der Waals surface area contributed by atoms with Crippen LogP contribution in [0.25, 0.3) is 0 Å². The summed E-state index contributed by atoms with van der Waals surface area (Å²) >= 11 is 0. The number of piperidine rings is 1. The van der Waals surface area contributed by atoms with Gasteiger partial charge in [0.1, 0.15) is 5.75 Å². The van der Waals surface area contributed by atoms with Crippen molar-refractivity contribution in [1.82, 2.24) is 9.80 Å². The van der Waals surface area contributed by atoms with Crippen molar-refractivity contribution in [3.8, 4) is 5.75 Å². The second-order valence-electron chi connectivity index (χ2n) is 5.92. The lowest BCUT2D eigenvalue weighted by Gasteiger charge is -2.35. The van der Waals surface area contributed by atoms with Crippen LogP contribution in [0, 0.1) is 0 Å². The smallest absolute Gasteiger partial charge is 0.492 e. The molecule has 2 rings (SSSR count). The number of methoxy groups -OCH3 is 1. The third kappa shape index (κ3) is 4.20. The molecule has 0 saturated carbocycles. The van der Waals surface area contributed by atoms with Crippen molar-refractivity contribution in [3.63, 3.8) is 0 Å². The Morgan fingerprint density at radius 1 is 1.29 bits per heavy atom. The van der Waals surface area contributed by atoms with Gasteiger partial charge in [-0.3, -0.25) is 4.90 Å². The van der Waals surface area contributed by atoms with Crippen molar-refractivity contribution < 1.29 is 14.8 Å². The summed E-state index contributed by atoms with van der Waals surface area (Å²) in [6, 6.07) is 6.29. The van der Waals surface area contributed by atoms with Crippen molar-refractivity contribution in [2.45, 2.75) is 25.4 Å². The summed E-state index contributed by atoms with van der Waals surface area (Å²) in [5.74, 6) is 0.514. The molecule has 5 nitrogen and oxygen atoms in total. The molecule has 1 saturated heterocycles. The van der Waals surface area contributed by atoms with Gasteiger partial charge in [0.2, 0.25) is 0 Å². The van der Waals surface area contributed by atoms with Crippen LogP contribution in [0.15, 0.2) is 18.2 Å². The molecule has 0 spiro atoms. The minimum absolute atomic E-state index is 0.429. The molecule has 21 heavy (non-hydrogen) atoms. The minimum Gasteiger partial charge on any atom is -0.497 e. The first kappa shape index (κ1) is 16.3. The zero-order valence-electron chi connectivity index (χ0n) is 13.1. The van der Waals surface area contributed by atoms with E-state index in [9.17, 15) is 10.0 Å². The van der Waals surface area contributed by atoms with Crippen LogP contribution in [-0.4, -0.2) is 67.3 Å².